The van der Waals surface area contributed by atoms with Gasteiger partial charge in [0.1, 0.15) is 0 Å². The molecule has 1 unspecified atom stereocenters. The number of aryl methyl sites for hydroxylation is 1. The van der Waals surface area contributed by atoms with E-state index in [1.54, 1.807) is 4.90 Å². The van der Waals surface area contributed by atoms with Crippen LogP contribution in [0.4, 0.5) is 0 Å². The third-order valence-corrected chi connectivity index (χ3v) is 4.33. The molecule has 0 spiro atoms. The SMILES string of the molecule is O=C(O)CC1CN(C(=O)CCc2ccc(-c3ccccc3)[nH]2)CCO1. The fourth-order valence-electron chi connectivity index (χ4n) is 3.04. The van der Waals surface area contributed by atoms with E-state index in [0.29, 0.717) is 32.5 Å². The number of morpholine rings is 1. The number of amides is 1. The van der Waals surface area contributed by atoms with Gasteiger partial charge in [-0.05, 0) is 24.1 Å². The Morgan fingerprint density at radius 2 is 2.00 bits per heavy atom. The number of carboxylic acids is 1. The summed E-state index contributed by atoms with van der Waals surface area (Å²) in [5.41, 5.74) is 3.17. The zero-order valence-corrected chi connectivity index (χ0v) is 14.0. The number of hydrogen-bond donors (Lipinski definition) is 2. The number of benzene rings is 1. The van der Waals surface area contributed by atoms with Crippen LogP contribution >= 0.6 is 0 Å². The normalized spacial score (nSPS) is 17.4. The van der Waals surface area contributed by atoms with Gasteiger partial charge in [-0.2, -0.15) is 0 Å². The van der Waals surface area contributed by atoms with Gasteiger partial charge in [0.15, 0.2) is 0 Å². The third kappa shape index (κ3) is 4.70. The molecule has 0 radical (unpaired) electrons. The Morgan fingerprint density at radius 3 is 2.76 bits per heavy atom. The first-order valence-corrected chi connectivity index (χ1v) is 8.46. The maximum atomic E-state index is 12.4. The molecule has 0 aliphatic carbocycles. The molecule has 2 heterocycles. The lowest BCUT2D eigenvalue weighted by Gasteiger charge is -2.32. The summed E-state index contributed by atoms with van der Waals surface area (Å²) in [6, 6.07) is 14.1. The van der Waals surface area contributed by atoms with Crippen molar-refractivity contribution >= 4 is 11.9 Å². The average Bonchev–Trinajstić information content (AvgIpc) is 3.09. The van der Waals surface area contributed by atoms with Crippen LogP contribution in [0.25, 0.3) is 11.3 Å². The molecular formula is C19H22N2O4. The molecule has 1 aliphatic rings. The summed E-state index contributed by atoms with van der Waals surface area (Å²) in [4.78, 5) is 28.2. The Bertz CT molecular complexity index is 726. The molecule has 2 N–H and O–H groups in total. The maximum absolute atomic E-state index is 12.4. The van der Waals surface area contributed by atoms with Crippen LogP contribution in [0.5, 0.6) is 0 Å². The second kappa shape index (κ2) is 7.98. The van der Waals surface area contributed by atoms with Crippen LogP contribution in [0, 0.1) is 0 Å². The van der Waals surface area contributed by atoms with Crippen molar-refractivity contribution in [3.63, 3.8) is 0 Å². The number of aliphatic carboxylic acids is 1. The van der Waals surface area contributed by atoms with E-state index in [0.717, 1.165) is 17.0 Å². The molecule has 25 heavy (non-hydrogen) atoms. The smallest absolute Gasteiger partial charge is 0.306 e. The van der Waals surface area contributed by atoms with Crippen LogP contribution in [0.3, 0.4) is 0 Å². The molecule has 132 valence electrons. The molecule has 1 atom stereocenters. The quantitative estimate of drug-likeness (QED) is 0.844. The van der Waals surface area contributed by atoms with Crippen LogP contribution in [0.15, 0.2) is 42.5 Å². The number of carbonyl (C=O) groups is 2. The number of nitrogens with zero attached hydrogens (tertiary/aromatic N) is 1. The minimum atomic E-state index is -0.904. The zero-order valence-electron chi connectivity index (χ0n) is 14.0. The summed E-state index contributed by atoms with van der Waals surface area (Å²) < 4.78 is 5.40. The number of nitrogens with one attached hydrogen (secondary N) is 1. The van der Waals surface area contributed by atoms with Gasteiger partial charge in [-0.15, -0.1) is 0 Å². The zero-order chi connectivity index (χ0) is 17.6. The third-order valence-electron chi connectivity index (χ3n) is 4.33. The van der Waals surface area contributed by atoms with Crippen LogP contribution in [0.2, 0.25) is 0 Å². The monoisotopic (exact) mass is 342 g/mol. The number of aromatic amines is 1. The van der Waals surface area contributed by atoms with E-state index in [4.69, 9.17) is 9.84 Å². The van der Waals surface area contributed by atoms with Crippen LogP contribution in [0.1, 0.15) is 18.5 Å². The Labute approximate surface area is 146 Å². The first-order chi connectivity index (χ1) is 12.1. The Balaban J connectivity index is 1.52. The lowest BCUT2D eigenvalue weighted by molar-refractivity contribution is -0.147. The van der Waals surface area contributed by atoms with Crippen LogP contribution in [-0.2, 0) is 20.7 Å². The van der Waals surface area contributed by atoms with Crippen LogP contribution in [-0.4, -0.2) is 52.7 Å². The Hall–Kier alpha value is -2.60. The summed E-state index contributed by atoms with van der Waals surface area (Å²) in [7, 11) is 0. The van der Waals surface area contributed by atoms with Gasteiger partial charge < -0.3 is 19.7 Å². The number of ether oxygens (including phenoxy) is 1. The van der Waals surface area contributed by atoms with E-state index in [-0.39, 0.29) is 12.3 Å². The number of H-pyrrole nitrogens is 1. The van der Waals surface area contributed by atoms with E-state index in [1.807, 2.05) is 42.5 Å². The minimum absolute atomic E-state index is 0.0366. The predicted octanol–water partition coefficient (Wildman–Crippen LogP) is 2.32. The molecule has 0 bridgehead atoms. The number of carbonyl (C=O) groups excluding carboxylic acids is 1. The van der Waals surface area contributed by atoms with Crippen molar-refractivity contribution in [2.45, 2.75) is 25.4 Å². The van der Waals surface area contributed by atoms with Gasteiger partial charge in [-0.1, -0.05) is 30.3 Å². The van der Waals surface area contributed by atoms with Crippen molar-refractivity contribution in [3.05, 3.63) is 48.2 Å². The molecule has 1 aromatic carbocycles. The summed E-state index contributed by atoms with van der Waals surface area (Å²) >= 11 is 0. The second-order valence-corrected chi connectivity index (χ2v) is 6.19. The topological polar surface area (TPSA) is 82.6 Å². The summed E-state index contributed by atoms with van der Waals surface area (Å²) in [5, 5.41) is 8.85. The second-order valence-electron chi connectivity index (χ2n) is 6.19. The number of carboxylic acid groups (broad SMARTS) is 1. The van der Waals surface area contributed by atoms with Crippen molar-refractivity contribution in [1.82, 2.24) is 9.88 Å². The molecule has 1 saturated heterocycles. The van der Waals surface area contributed by atoms with Crippen LogP contribution < -0.4 is 0 Å². The van der Waals surface area contributed by atoms with Crippen molar-refractivity contribution in [3.8, 4) is 11.3 Å². The highest BCUT2D eigenvalue weighted by atomic mass is 16.5. The Kier molecular flexibility index (Phi) is 5.50. The molecule has 6 nitrogen and oxygen atoms in total. The highest BCUT2D eigenvalue weighted by molar-refractivity contribution is 5.76. The van der Waals surface area contributed by atoms with Crippen molar-refractivity contribution in [1.29, 1.82) is 0 Å². The minimum Gasteiger partial charge on any atom is -0.481 e. The molecule has 1 fully saturated rings. The van der Waals surface area contributed by atoms with Gasteiger partial charge in [0.05, 0.1) is 19.1 Å². The van der Waals surface area contributed by atoms with Gasteiger partial charge in [-0.3, -0.25) is 9.59 Å². The van der Waals surface area contributed by atoms with E-state index >= 15 is 0 Å². The number of aromatic nitrogens is 1. The molecule has 1 amide bonds. The molecule has 1 aromatic heterocycles. The highest BCUT2D eigenvalue weighted by Crippen LogP contribution is 2.19. The Morgan fingerprint density at radius 1 is 1.20 bits per heavy atom. The first kappa shape index (κ1) is 17.2. The fraction of sp³-hybridized carbons (Fsp3) is 0.368. The summed E-state index contributed by atoms with van der Waals surface area (Å²) in [5.74, 6) is -0.867. The lowest BCUT2D eigenvalue weighted by atomic mass is 10.1. The number of hydrogen-bond acceptors (Lipinski definition) is 3. The van der Waals surface area contributed by atoms with E-state index in [2.05, 4.69) is 4.98 Å². The van der Waals surface area contributed by atoms with Gasteiger partial charge in [0.25, 0.3) is 0 Å². The van der Waals surface area contributed by atoms with Crippen molar-refractivity contribution < 1.29 is 19.4 Å². The summed E-state index contributed by atoms with van der Waals surface area (Å²) in [6.07, 6.45) is 0.549. The van der Waals surface area contributed by atoms with E-state index in [1.165, 1.54) is 0 Å². The maximum Gasteiger partial charge on any atom is 0.306 e. The summed E-state index contributed by atoms with van der Waals surface area (Å²) in [6.45, 7) is 1.27. The first-order valence-electron chi connectivity index (χ1n) is 8.46. The lowest BCUT2D eigenvalue weighted by Crippen LogP contribution is -2.46. The largest absolute Gasteiger partial charge is 0.481 e. The highest BCUT2D eigenvalue weighted by Gasteiger charge is 2.25. The molecular weight excluding hydrogens is 320 g/mol. The fourth-order valence-corrected chi connectivity index (χ4v) is 3.04. The molecule has 0 saturated carbocycles. The van der Waals surface area contributed by atoms with E-state index < -0.39 is 12.1 Å². The molecule has 2 aromatic rings. The molecule has 6 heteroatoms. The van der Waals surface area contributed by atoms with Gasteiger partial charge >= 0.3 is 5.97 Å². The standard InChI is InChI=1S/C19H22N2O4/c22-18(21-10-11-25-16(13-21)12-19(23)24)9-7-15-6-8-17(20-15)14-4-2-1-3-5-14/h1-6,8,16,20H,7,9-13H2,(H,23,24). The molecule has 3 rings (SSSR count). The van der Waals surface area contributed by atoms with Gasteiger partial charge in [0.2, 0.25) is 5.91 Å². The van der Waals surface area contributed by atoms with Crippen molar-refractivity contribution in [2.24, 2.45) is 0 Å². The number of rotatable bonds is 6. The van der Waals surface area contributed by atoms with Gasteiger partial charge in [0, 0.05) is 30.9 Å². The van der Waals surface area contributed by atoms with E-state index in [9.17, 15) is 9.59 Å². The predicted molar refractivity (Wildman–Crippen MR) is 93.1 cm³/mol. The van der Waals surface area contributed by atoms with Crippen molar-refractivity contribution in [2.75, 3.05) is 19.7 Å². The average molecular weight is 342 g/mol. The van der Waals surface area contributed by atoms with Gasteiger partial charge in [-0.25, -0.2) is 0 Å². The molecule has 1 aliphatic heterocycles.